The first-order valence-electron chi connectivity index (χ1n) is 7.28. The molecule has 110 valence electrons. The predicted molar refractivity (Wildman–Crippen MR) is 85.3 cm³/mol. The third-order valence-corrected chi connectivity index (χ3v) is 5.09. The zero-order valence-corrected chi connectivity index (χ0v) is 13.8. The molecule has 1 saturated heterocycles. The summed E-state index contributed by atoms with van der Waals surface area (Å²) in [5.41, 5.74) is 0.971. The average molecular weight is 360 g/mol. The van der Waals surface area contributed by atoms with Crippen LogP contribution in [-0.4, -0.2) is 36.2 Å². The van der Waals surface area contributed by atoms with Crippen LogP contribution in [0.3, 0.4) is 0 Å². The predicted octanol–water partition coefficient (Wildman–Crippen LogP) is 3.55. The Morgan fingerprint density at radius 2 is 2.05 bits per heavy atom. The fourth-order valence-corrected chi connectivity index (χ4v) is 3.81. The van der Waals surface area contributed by atoms with E-state index in [0.29, 0.717) is 15.2 Å². The number of aromatic hydroxyl groups is 1. The van der Waals surface area contributed by atoms with Gasteiger partial charge in [0.1, 0.15) is 5.75 Å². The zero-order valence-electron chi connectivity index (χ0n) is 11.4. The fourth-order valence-electron chi connectivity index (χ4n) is 2.98. The summed E-state index contributed by atoms with van der Waals surface area (Å²) >= 11 is 9.59. The molecule has 2 N–H and O–H groups in total. The summed E-state index contributed by atoms with van der Waals surface area (Å²) in [7, 11) is 0. The van der Waals surface area contributed by atoms with E-state index < -0.39 is 0 Å². The highest BCUT2D eigenvalue weighted by molar-refractivity contribution is 9.10. The lowest BCUT2D eigenvalue weighted by Crippen LogP contribution is -2.45. The first-order chi connectivity index (χ1) is 9.65. The molecule has 3 nitrogen and oxygen atoms in total. The van der Waals surface area contributed by atoms with Crippen LogP contribution in [0.1, 0.15) is 30.9 Å². The minimum Gasteiger partial charge on any atom is -0.506 e. The third kappa shape index (κ3) is 3.30. The second-order valence-corrected chi connectivity index (χ2v) is 7.10. The lowest BCUT2D eigenvalue weighted by atomic mass is 9.97. The van der Waals surface area contributed by atoms with E-state index in [2.05, 4.69) is 26.1 Å². The van der Waals surface area contributed by atoms with Crippen LogP contribution < -0.4 is 5.32 Å². The molecule has 0 aromatic heterocycles. The number of hydrogen-bond donors (Lipinski definition) is 2. The number of rotatable bonds is 4. The largest absolute Gasteiger partial charge is 0.506 e. The number of halogens is 2. The summed E-state index contributed by atoms with van der Waals surface area (Å²) < 4.78 is 0.691. The normalized spacial score (nSPS) is 21.9. The molecule has 0 bridgehead atoms. The Bertz CT molecular complexity index is 487. The lowest BCUT2D eigenvalue weighted by Gasteiger charge is -2.36. The van der Waals surface area contributed by atoms with Gasteiger partial charge in [0.15, 0.2) is 0 Å². The standard InChI is InChI=1S/C15H20BrClN2O/c16-13-9-11(17)8-12(15(13)20)14(7-10-1-2-10)19-5-3-18-4-6-19/h8-10,14,18,20H,1-7H2/t14-/m0/s1. The molecule has 0 amide bonds. The van der Waals surface area contributed by atoms with Gasteiger partial charge in [-0.3, -0.25) is 4.90 Å². The number of hydrogen-bond acceptors (Lipinski definition) is 3. The van der Waals surface area contributed by atoms with Crippen molar-refractivity contribution in [3.8, 4) is 5.75 Å². The molecule has 0 spiro atoms. The Hall–Kier alpha value is -0.290. The van der Waals surface area contributed by atoms with Gasteiger partial charge in [-0.25, -0.2) is 0 Å². The van der Waals surface area contributed by atoms with Crippen LogP contribution >= 0.6 is 27.5 Å². The molecule has 0 radical (unpaired) electrons. The van der Waals surface area contributed by atoms with E-state index in [-0.39, 0.29) is 6.04 Å². The van der Waals surface area contributed by atoms with Gasteiger partial charge in [-0.1, -0.05) is 24.4 Å². The first-order valence-corrected chi connectivity index (χ1v) is 8.45. The molecule has 1 atom stereocenters. The van der Waals surface area contributed by atoms with Crippen molar-refractivity contribution in [3.63, 3.8) is 0 Å². The van der Waals surface area contributed by atoms with Crippen molar-refractivity contribution in [2.45, 2.75) is 25.3 Å². The lowest BCUT2D eigenvalue weighted by molar-refractivity contribution is 0.158. The van der Waals surface area contributed by atoms with Crippen molar-refractivity contribution in [2.24, 2.45) is 5.92 Å². The van der Waals surface area contributed by atoms with Gasteiger partial charge in [0, 0.05) is 42.8 Å². The van der Waals surface area contributed by atoms with E-state index in [0.717, 1.165) is 44.1 Å². The van der Waals surface area contributed by atoms with Crippen molar-refractivity contribution in [3.05, 3.63) is 27.2 Å². The van der Waals surface area contributed by atoms with Crippen LogP contribution in [0.15, 0.2) is 16.6 Å². The van der Waals surface area contributed by atoms with Crippen LogP contribution in [-0.2, 0) is 0 Å². The number of nitrogens with one attached hydrogen (secondary N) is 1. The second kappa shape index (κ2) is 6.22. The molecular formula is C15H20BrClN2O. The van der Waals surface area contributed by atoms with Gasteiger partial charge in [0.2, 0.25) is 0 Å². The molecule has 1 aliphatic carbocycles. The second-order valence-electron chi connectivity index (χ2n) is 5.81. The minimum atomic E-state index is 0.277. The molecule has 1 aliphatic heterocycles. The van der Waals surface area contributed by atoms with Gasteiger partial charge in [-0.05, 0) is 40.4 Å². The molecular weight excluding hydrogens is 340 g/mol. The van der Waals surface area contributed by atoms with E-state index in [9.17, 15) is 5.11 Å². The Kier molecular flexibility index (Phi) is 4.55. The number of benzene rings is 1. The van der Waals surface area contributed by atoms with Gasteiger partial charge >= 0.3 is 0 Å². The Balaban J connectivity index is 1.90. The molecule has 1 heterocycles. The topological polar surface area (TPSA) is 35.5 Å². The maximum absolute atomic E-state index is 10.4. The van der Waals surface area contributed by atoms with Crippen LogP contribution in [0.4, 0.5) is 0 Å². The maximum atomic E-state index is 10.4. The summed E-state index contributed by atoms with van der Waals surface area (Å²) in [5, 5.41) is 14.5. The summed E-state index contributed by atoms with van der Waals surface area (Å²) in [5.74, 6) is 1.16. The monoisotopic (exact) mass is 358 g/mol. The van der Waals surface area contributed by atoms with E-state index >= 15 is 0 Å². The summed E-state index contributed by atoms with van der Waals surface area (Å²) in [6.45, 7) is 4.09. The zero-order chi connectivity index (χ0) is 14.1. The quantitative estimate of drug-likeness (QED) is 0.863. The number of piperazine rings is 1. The molecule has 1 aromatic rings. The maximum Gasteiger partial charge on any atom is 0.134 e. The third-order valence-electron chi connectivity index (χ3n) is 4.26. The first kappa shape index (κ1) is 14.6. The Morgan fingerprint density at radius 1 is 1.35 bits per heavy atom. The van der Waals surface area contributed by atoms with Crippen LogP contribution in [0, 0.1) is 5.92 Å². The molecule has 0 unspecified atom stereocenters. The summed E-state index contributed by atoms with van der Waals surface area (Å²) in [6, 6.07) is 3.96. The molecule has 1 aromatic carbocycles. The average Bonchev–Trinajstić information content (AvgIpc) is 3.25. The van der Waals surface area contributed by atoms with Gasteiger partial charge in [0.25, 0.3) is 0 Å². The van der Waals surface area contributed by atoms with Gasteiger partial charge < -0.3 is 10.4 Å². The van der Waals surface area contributed by atoms with Crippen molar-refractivity contribution in [2.75, 3.05) is 26.2 Å². The number of phenolic OH excluding ortho intramolecular Hbond substituents is 1. The van der Waals surface area contributed by atoms with E-state index in [1.807, 2.05) is 6.07 Å². The highest BCUT2D eigenvalue weighted by Gasteiger charge is 2.32. The van der Waals surface area contributed by atoms with Crippen molar-refractivity contribution >= 4 is 27.5 Å². The summed E-state index contributed by atoms with van der Waals surface area (Å²) in [6.07, 6.45) is 3.77. The Labute approximate surface area is 133 Å². The van der Waals surface area contributed by atoms with Crippen LogP contribution in [0.2, 0.25) is 5.02 Å². The number of nitrogens with zero attached hydrogens (tertiary/aromatic N) is 1. The summed E-state index contributed by atoms with van der Waals surface area (Å²) in [4.78, 5) is 2.48. The van der Waals surface area contributed by atoms with Crippen molar-refractivity contribution < 1.29 is 5.11 Å². The van der Waals surface area contributed by atoms with Gasteiger partial charge in [-0.2, -0.15) is 0 Å². The smallest absolute Gasteiger partial charge is 0.134 e. The molecule has 20 heavy (non-hydrogen) atoms. The van der Waals surface area contributed by atoms with Crippen LogP contribution in [0.25, 0.3) is 0 Å². The fraction of sp³-hybridized carbons (Fsp3) is 0.600. The molecule has 1 saturated carbocycles. The van der Waals surface area contributed by atoms with E-state index in [1.165, 1.54) is 12.8 Å². The Morgan fingerprint density at radius 3 is 2.70 bits per heavy atom. The molecule has 2 fully saturated rings. The van der Waals surface area contributed by atoms with E-state index in [1.54, 1.807) is 6.07 Å². The SMILES string of the molecule is Oc1c(Br)cc(Cl)cc1[C@H](CC1CC1)N1CCNCC1. The molecule has 2 aliphatic rings. The van der Waals surface area contributed by atoms with Gasteiger partial charge in [0.05, 0.1) is 4.47 Å². The minimum absolute atomic E-state index is 0.277. The molecule has 3 rings (SSSR count). The highest BCUT2D eigenvalue weighted by atomic mass is 79.9. The van der Waals surface area contributed by atoms with Crippen molar-refractivity contribution in [1.82, 2.24) is 10.2 Å². The number of phenols is 1. The van der Waals surface area contributed by atoms with Crippen LogP contribution in [0.5, 0.6) is 5.75 Å². The highest BCUT2D eigenvalue weighted by Crippen LogP contribution is 2.44. The van der Waals surface area contributed by atoms with E-state index in [4.69, 9.17) is 11.6 Å². The van der Waals surface area contributed by atoms with Crippen molar-refractivity contribution in [1.29, 1.82) is 0 Å². The van der Waals surface area contributed by atoms with Gasteiger partial charge in [-0.15, -0.1) is 0 Å². The molecule has 5 heteroatoms.